The highest BCUT2D eigenvalue weighted by Gasteiger charge is 2.47. The molecule has 0 N–H and O–H groups in total. The van der Waals surface area contributed by atoms with Crippen LogP contribution in [0.4, 0.5) is 0 Å². The van der Waals surface area contributed by atoms with E-state index in [1.807, 2.05) is 45.8 Å². The molecular weight excluding hydrogens is 428 g/mol. The number of carbonyl (C=O) groups excluding carboxylic acids is 2. The summed E-state index contributed by atoms with van der Waals surface area (Å²) in [5, 5.41) is 0. The molecule has 7 nitrogen and oxygen atoms in total. The molecule has 0 bridgehead atoms. The number of nitrogens with zero attached hydrogens (tertiary/aromatic N) is 2. The lowest BCUT2D eigenvalue weighted by Crippen LogP contribution is -2.53. The van der Waals surface area contributed by atoms with E-state index in [9.17, 15) is 9.59 Å². The SMILES string of the molecule is COc1ccc(C(=O)N2CCSC23CCN(C(=O)c2ccc(OC)cc2OC)CC3)cc1. The van der Waals surface area contributed by atoms with Crippen molar-refractivity contribution in [1.29, 1.82) is 0 Å². The zero-order chi connectivity index (χ0) is 22.7. The van der Waals surface area contributed by atoms with Crippen molar-refractivity contribution in [2.24, 2.45) is 0 Å². The molecular formula is C24H28N2O5S. The van der Waals surface area contributed by atoms with Gasteiger partial charge >= 0.3 is 0 Å². The predicted octanol–water partition coefficient (Wildman–Crippen LogP) is 3.53. The Kier molecular flexibility index (Phi) is 6.50. The number of likely N-dealkylation sites (tertiary alicyclic amines) is 1. The average Bonchev–Trinajstić information content (AvgIpc) is 3.25. The summed E-state index contributed by atoms with van der Waals surface area (Å²) in [4.78, 5) is 30.0. The molecule has 170 valence electrons. The van der Waals surface area contributed by atoms with E-state index in [0.29, 0.717) is 35.7 Å². The van der Waals surface area contributed by atoms with E-state index in [2.05, 4.69) is 0 Å². The average molecular weight is 457 g/mol. The number of piperidine rings is 1. The lowest BCUT2D eigenvalue weighted by atomic mass is 10.00. The molecule has 2 saturated heterocycles. The maximum absolute atomic E-state index is 13.3. The Morgan fingerprint density at radius 2 is 1.50 bits per heavy atom. The normalized spacial score (nSPS) is 17.3. The molecule has 2 amide bonds. The fraction of sp³-hybridized carbons (Fsp3) is 0.417. The number of ether oxygens (including phenoxy) is 3. The Bertz CT molecular complexity index is 986. The number of amides is 2. The minimum Gasteiger partial charge on any atom is -0.497 e. The zero-order valence-corrected chi connectivity index (χ0v) is 19.4. The first-order valence-corrected chi connectivity index (χ1v) is 11.6. The van der Waals surface area contributed by atoms with Crippen LogP contribution in [-0.2, 0) is 0 Å². The van der Waals surface area contributed by atoms with E-state index in [1.165, 1.54) is 0 Å². The molecule has 32 heavy (non-hydrogen) atoms. The summed E-state index contributed by atoms with van der Waals surface area (Å²) < 4.78 is 15.8. The van der Waals surface area contributed by atoms with Gasteiger partial charge in [-0.05, 0) is 49.2 Å². The molecule has 0 saturated carbocycles. The van der Waals surface area contributed by atoms with Crippen molar-refractivity contribution in [1.82, 2.24) is 9.80 Å². The second-order valence-corrected chi connectivity index (χ2v) is 9.30. The van der Waals surface area contributed by atoms with Crippen molar-refractivity contribution in [2.75, 3.05) is 46.7 Å². The number of benzene rings is 2. The maximum atomic E-state index is 13.3. The largest absolute Gasteiger partial charge is 0.497 e. The van der Waals surface area contributed by atoms with Crippen molar-refractivity contribution < 1.29 is 23.8 Å². The Hall–Kier alpha value is -2.87. The molecule has 2 aromatic carbocycles. The third kappa shape index (κ3) is 4.11. The molecule has 0 aliphatic carbocycles. The van der Waals surface area contributed by atoms with Gasteiger partial charge in [0.1, 0.15) is 17.2 Å². The topological polar surface area (TPSA) is 68.3 Å². The van der Waals surface area contributed by atoms with Crippen LogP contribution in [0.5, 0.6) is 17.2 Å². The molecule has 0 aromatic heterocycles. The third-order valence-corrected chi connectivity index (χ3v) is 7.78. The van der Waals surface area contributed by atoms with Gasteiger partial charge in [0.05, 0.1) is 31.8 Å². The number of hydrogen-bond donors (Lipinski definition) is 0. The number of carbonyl (C=O) groups is 2. The monoisotopic (exact) mass is 456 g/mol. The van der Waals surface area contributed by atoms with Crippen molar-refractivity contribution in [3.05, 3.63) is 53.6 Å². The van der Waals surface area contributed by atoms with E-state index in [0.717, 1.165) is 30.9 Å². The summed E-state index contributed by atoms with van der Waals surface area (Å²) in [6.45, 7) is 1.90. The molecule has 2 aromatic rings. The number of methoxy groups -OCH3 is 3. The predicted molar refractivity (Wildman–Crippen MR) is 124 cm³/mol. The van der Waals surface area contributed by atoms with Crippen LogP contribution in [0.3, 0.4) is 0 Å². The highest BCUT2D eigenvalue weighted by Crippen LogP contribution is 2.45. The van der Waals surface area contributed by atoms with E-state index < -0.39 is 0 Å². The Labute approximate surface area is 192 Å². The molecule has 0 unspecified atom stereocenters. The van der Waals surface area contributed by atoms with Crippen LogP contribution in [0.1, 0.15) is 33.6 Å². The lowest BCUT2D eigenvalue weighted by Gasteiger charge is -2.44. The minimum atomic E-state index is -0.266. The van der Waals surface area contributed by atoms with Gasteiger partial charge in [0.2, 0.25) is 0 Å². The Morgan fingerprint density at radius 1 is 0.844 bits per heavy atom. The Morgan fingerprint density at radius 3 is 2.12 bits per heavy atom. The zero-order valence-electron chi connectivity index (χ0n) is 18.6. The molecule has 2 aliphatic heterocycles. The van der Waals surface area contributed by atoms with Crippen molar-refractivity contribution in [3.63, 3.8) is 0 Å². The van der Waals surface area contributed by atoms with Crippen molar-refractivity contribution in [2.45, 2.75) is 17.7 Å². The van der Waals surface area contributed by atoms with Gasteiger partial charge in [-0.2, -0.15) is 0 Å². The molecule has 0 radical (unpaired) electrons. The highest BCUT2D eigenvalue weighted by atomic mass is 32.2. The van der Waals surface area contributed by atoms with E-state index in [4.69, 9.17) is 14.2 Å². The van der Waals surface area contributed by atoms with E-state index in [1.54, 1.807) is 39.5 Å². The summed E-state index contributed by atoms with van der Waals surface area (Å²) in [7, 11) is 4.74. The molecule has 2 heterocycles. The van der Waals surface area contributed by atoms with Crippen LogP contribution in [0, 0.1) is 0 Å². The summed E-state index contributed by atoms with van der Waals surface area (Å²) in [5.41, 5.74) is 1.18. The van der Waals surface area contributed by atoms with Gasteiger partial charge < -0.3 is 24.0 Å². The molecule has 8 heteroatoms. The standard InChI is InChI=1S/C24H28N2O5S/c1-29-18-6-4-17(5-7-18)22(27)26-14-15-32-24(26)10-12-25(13-11-24)23(28)20-9-8-19(30-2)16-21(20)31-3/h4-9,16H,10-15H2,1-3H3. The van der Waals surface area contributed by atoms with E-state index in [-0.39, 0.29) is 16.7 Å². The van der Waals surface area contributed by atoms with Gasteiger partial charge in [-0.25, -0.2) is 0 Å². The number of hydrogen-bond acceptors (Lipinski definition) is 6. The highest BCUT2D eigenvalue weighted by molar-refractivity contribution is 8.00. The fourth-order valence-corrected chi connectivity index (χ4v) is 5.86. The first-order valence-electron chi connectivity index (χ1n) is 10.6. The van der Waals surface area contributed by atoms with Crippen LogP contribution in [0.2, 0.25) is 0 Å². The summed E-state index contributed by atoms with van der Waals surface area (Å²) in [6.07, 6.45) is 1.48. The fourth-order valence-electron chi connectivity index (χ4n) is 4.40. The van der Waals surface area contributed by atoms with Crippen LogP contribution >= 0.6 is 11.8 Å². The van der Waals surface area contributed by atoms with Crippen LogP contribution in [-0.4, -0.2) is 73.2 Å². The quantitative estimate of drug-likeness (QED) is 0.686. The number of rotatable bonds is 5. The number of thioether (sulfide) groups is 1. The minimum absolute atomic E-state index is 0.0363. The Balaban J connectivity index is 1.47. The summed E-state index contributed by atoms with van der Waals surface area (Å²) >= 11 is 1.83. The smallest absolute Gasteiger partial charge is 0.257 e. The molecule has 4 rings (SSSR count). The van der Waals surface area contributed by atoms with Gasteiger partial charge in [-0.1, -0.05) is 0 Å². The van der Waals surface area contributed by atoms with Crippen LogP contribution in [0.15, 0.2) is 42.5 Å². The van der Waals surface area contributed by atoms with Gasteiger partial charge in [0, 0.05) is 37.0 Å². The van der Waals surface area contributed by atoms with Gasteiger partial charge in [-0.15, -0.1) is 11.8 Å². The van der Waals surface area contributed by atoms with Gasteiger partial charge in [0.15, 0.2) is 0 Å². The molecule has 2 aliphatic rings. The third-order valence-electron chi connectivity index (χ3n) is 6.23. The van der Waals surface area contributed by atoms with Gasteiger partial charge in [0.25, 0.3) is 11.8 Å². The molecule has 0 atom stereocenters. The van der Waals surface area contributed by atoms with E-state index >= 15 is 0 Å². The van der Waals surface area contributed by atoms with Crippen molar-refractivity contribution >= 4 is 23.6 Å². The molecule has 2 fully saturated rings. The first-order chi connectivity index (χ1) is 15.5. The lowest BCUT2D eigenvalue weighted by molar-refractivity contribution is 0.0496. The van der Waals surface area contributed by atoms with Crippen molar-refractivity contribution in [3.8, 4) is 17.2 Å². The maximum Gasteiger partial charge on any atom is 0.257 e. The second kappa shape index (κ2) is 9.32. The van der Waals surface area contributed by atoms with Crippen LogP contribution < -0.4 is 14.2 Å². The summed E-state index contributed by atoms with van der Waals surface area (Å²) in [5.74, 6) is 2.76. The molecule has 1 spiro atoms. The van der Waals surface area contributed by atoms with Crippen LogP contribution in [0.25, 0.3) is 0 Å². The second-order valence-electron chi connectivity index (χ2n) is 7.84. The van der Waals surface area contributed by atoms with Gasteiger partial charge in [-0.3, -0.25) is 9.59 Å². The first kappa shape index (κ1) is 22.3. The summed E-state index contributed by atoms with van der Waals surface area (Å²) in [6, 6.07) is 12.5.